The highest BCUT2D eigenvalue weighted by molar-refractivity contribution is 7.99. The predicted molar refractivity (Wildman–Crippen MR) is 108 cm³/mol. The average Bonchev–Trinajstić information content (AvgIpc) is 2.95. The fourth-order valence-electron chi connectivity index (χ4n) is 2.85. The maximum atomic E-state index is 12.2. The summed E-state index contributed by atoms with van der Waals surface area (Å²) in [6.45, 7) is 6.81. The number of carbonyl (C=O) groups excluding carboxylic acids is 1. The molecule has 0 atom stereocenters. The molecule has 3 rings (SSSR count). The second-order valence-electron chi connectivity index (χ2n) is 7.36. The molecule has 1 N–H and O–H groups in total. The molecule has 0 bridgehead atoms. The molecule has 0 aliphatic heterocycles. The highest BCUT2D eigenvalue weighted by Crippen LogP contribution is 2.24. The van der Waals surface area contributed by atoms with Crippen LogP contribution >= 0.6 is 11.8 Å². The minimum Gasteiger partial charge on any atom is -0.351 e. The van der Waals surface area contributed by atoms with E-state index in [1.807, 2.05) is 45.0 Å². The van der Waals surface area contributed by atoms with Crippen LogP contribution in [0.3, 0.4) is 0 Å². The summed E-state index contributed by atoms with van der Waals surface area (Å²) in [5.41, 5.74) is 3.17. The van der Waals surface area contributed by atoms with Gasteiger partial charge in [0.25, 0.3) is 0 Å². The molecule has 1 aromatic heterocycles. The zero-order valence-electron chi connectivity index (χ0n) is 15.5. The van der Waals surface area contributed by atoms with E-state index in [4.69, 9.17) is 4.98 Å². The van der Waals surface area contributed by atoms with Crippen LogP contribution in [0.5, 0.6) is 0 Å². The number of para-hydroxylation sites is 2. The lowest BCUT2D eigenvalue weighted by Gasteiger charge is -2.20. The van der Waals surface area contributed by atoms with Gasteiger partial charge in [-0.05, 0) is 44.9 Å². The van der Waals surface area contributed by atoms with Crippen LogP contribution < -0.4 is 5.32 Å². The topological polar surface area (TPSA) is 46.9 Å². The number of carbonyl (C=O) groups is 1. The van der Waals surface area contributed by atoms with Crippen LogP contribution in [0.1, 0.15) is 26.3 Å². The molecule has 0 spiro atoms. The number of benzene rings is 2. The third kappa shape index (κ3) is 4.88. The fourth-order valence-corrected chi connectivity index (χ4v) is 3.69. The van der Waals surface area contributed by atoms with Gasteiger partial charge < -0.3 is 9.88 Å². The quantitative estimate of drug-likeness (QED) is 0.661. The van der Waals surface area contributed by atoms with E-state index >= 15 is 0 Å². The molecule has 0 radical (unpaired) electrons. The van der Waals surface area contributed by atoms with E-state index < -0.39 is 0 Å². The zero-order chi connectivity index (χ0) is 18.6. The van der Waals surface area contributed by atoms with E-state index in [1.54, 1.807) is 0 Å². The number of imidazole rings is 1. The lowest BCUT2D eigenvalue weighted by molar-refractivity contribution is -0.119. The van der Waals surface area contributed by atoms with Gasteiger partial charge in [0.1, 0.15) is 0 Å². The molecule has 26 heavy (non-hydrogen) atoms. The Balaban J connectivity index is 1.77. The van der Waals surface area contributed by atoms with Crippen molar-refractivity contribution >= 4 is 28.7 Å². The predicted octanol–water partition coefficient (Wildman–Crippen LogP) is 4.29. The van der Waals surface area contributed by atoms with E-state index in [1.165, 1.54) is 17.3 Å². The number of amides is 1. The summed E-state index contributed by atoms with van der Waals surface area (Å²) in [7, 11) is 0. The highest BCUT2D eigenvalue weighted by Gasteiger charge is 2.16. The first-order chi connectivity index (χ1) is 12.4. The van der Waals surface area contributed by atoms with Crippen LogP contribution in [0.2, 0.25) is 0 Å². The van der Waals surface area contributed by atoms with Crippen LogP contribution in [0.15, 0.2) is 59.8 Å². The first-order valence-electron chi connectivity index (χ1n) is 8.85. The van der Waals surface area contributed by atoms with Gasteiger partial charge in [-0.15, -0.1) is 0 Å². The molecule has 0 fully saturated rings. The molecule has 0 saturated carbocycles. The van der Waals surface area contributed by atoms with Crippen molar-refractivity contribution in [2.75, 3.05) is 5.75 Å². The molecule has 3 aromatic rings. The Morgan fingerprint density at radius 1 is 1.08 bits per heavy atom. The van der Waals surface area contributed by atoms with Gasteiger partial charge in [-0.25, -0.2) is 4.98 Å². The fraction of sp³-hybridized carbons (Fsp3) is 0.333. The summed E-state index contributed by atoms with van der Waals surface area (Å²) < 4.78 is 2.22. The third-order valence-electron chi connectivity index (χ3n) is 3.93. The molecule has 0 saturated heterocycles. The number of nitrogens with one attached hydrogen (secondary N) is 1. The van der Waals surface area contributed by atoms with E-state index in [0.29, 0.717) is 5.75 Å². The van der Waals surface area contributed by atoms with Gasteiger partial charge >= 0.3 is 0 Å². The summed E-state index contributed by atoms with van der Waals surface area (Å²) in [5, 5.41) is 3.90. The maximum absolute atomic E-state index is 12.2. The number of hydrogen-bond donors (Lipinski definition) is 1. The molecular formula is C21H25N3OS. The molecule has 0 aliphatic rings. The Hall–Kier alpha value is -2.27. The zero-order valence-corrected chi connectivity index (χ0v) is 16.3. The smallest absolute Gasteiger partial charge is 0.230 e. The van der Waals surface area contributed by atoms with Gasteiger partial charge in [-0.2, -0.15) is 0 Å². The number of aromatic nitrogens is 2. The molecule has 0 unspecified atom stereocenters. The monoisotopic (exact) mass is 367 g/mol. The molecule has 5 heteroatoms. The van der Waals surface area contributed by atoms with Gasteiger partial charge in [0.2, 0.25) is 5.91 Å². The van der Waals surface area contributed by atoms with Crippen molar-refractivity contribution in [2.24, 2.45) is 0 Å². The molecule has 4 nitrogen and oxygen atoms in total. The minimum absolute atomic E-state index is 0.0316. The highest BCUT2D eigenvalue weighted by atomic mass is 32.2. The van der Waals surface area contributed by atoms with E-state index in [2.05, 4.69) is 40.2 Å². The molecule has 1 heterocycles. The van der Waals surface area contributed by atoms with Crippen LogP contribution in [-0.4, -0.2) is 26.8 Å². The van der Waals surface area contributed by atoms with Crippen LogP contribution in [0, 0.1) is 0 Å². The van der Waals surface area contributed by atoms with Crippen molar-refractivity contribution in [1.29, 1.82) is 0 Å². The lowest BCUT2D eigenvalue weighted by atomic mass is 10.1. The second-order valence-corrected chi connectivity index (χ2v) is 8.30. The van der Waals surface area contributed by atoms with Gasteiger partial charge in [0.15, 0.2) is 5.16 Å². The summed E-state index contributed by atoms with van der Waals surface area (Å²) in [5.74, 6) is 0.399. The SMILES string of the molecule is CC(C)(C)NC(=O)CSc1nc2ccccc2n1CCc1ccccc1. The van der Waals surface area contributed by atoms with E-state index in [9.17, 15) is 4.79 Å². The number of fused-ring (bicyclic) bond motifs is 1. The van der Waals surface area contributed by atoms with Crippen LogP contribution in [0.25, 0.3) is 11.0 Å². The summed E-state index contributed by atoms with van der Waals surface area (Å²) in [6, 6.07) is 18.6. The first-order valence-corrected chi connectivity index (χ1v) is 9.84. The van der Waals surface area contributed by atoms with Crippen molar-refractivity contribution in [3.05, 3.63) is 60.2 Å². The van der Waals surface area contributed by atoms with Crippen molar-refractivity contribution < 1.29 is 4.79 Å². The third-order valence-corrected chi connectivity index (χ3v) is 4.91. The number of thioether (sulfide) groups is 1. The number of nitrogens with zero attached hydrogens (tertiary/aromatic N) is 2. The Bertz CT molecular complexity index is 881. The summed E-state index contributed by atoms with van der Waals surface area (Å²) in [6.07, 6.45) is 0.933. The van der Waals surface area contributed by atoms with Crippen molar-refractivity contribution in [2.45, 2.75) is 44.4 Å². The first kappa shape index (κ1) is 18.5. The maximum Gasteiger partial charge on any atom is 0.230 e. The van der Waals surface area contributed by atoms with Gasteiger partial charge in [-0.3, -0.25) is 4.79 Å². The van der Waals surface area contributed by atoms with Crippen molar-refractivity contribution in [3.63, 3.8) is 0 Å². The Morgan fingerprint density at radius 3 is 2.50 bits per heavy atom. The van der Waals surface area contributed by atoms with Crippen molar-refractivity contribution in [3.8, 4) is 0 Å². The standard InChI is InChI=1S/C21H25N3OS/c1-21(2,3)23-19(25)15-26-20-22-17-11-7-8-12-18(17)24(20)14-13-16-9-5-4-6-10-16/h4-12H,13-15H2,1-3H3,(H,23,25). The summed E-state index contributed by atoms with van der Waals surface area (Å²) >= 11 is 1.50. The minimum atomic E-state index is -0.217. The Morgan fingerprint density at radius 2 is 1.77 bits per heavy atom. The Labute approximate surface area is 159 Å². The van der Waals surface area contributed by atoms with Crippen molar-refractivity contribution in [1.82, 2.24) is 14.9 Å². The lowest BCUT2D eigenvalue weighted by Crippen LogP contribution is -2.41. The number of aryl methyl sites for hydroxylation is 2. The van der Waals surface area contributed by atoms with Gasteiger partial charge in [-0.1, -0.05) is 54.2 Å². The van der Waals surface area contributed by atoms with Crippen LogP contribution in [0.4, 0.5) is 0 Å². The van der Waals surface area contributed by atoms with E-state index in [0.717, 1.165) is 29.2 Å². The average molecular weight is 368 g/mol. The van der Waals surface area contributed by atoms with Gasteiger partial charge in [0.05, 0.1) is 16.8 Å². The Kier molecular flexibility index (Phi) is 5.67. The molecule has 1 amide bonds. The van der Waals surface area contributed by atoms with Crippen LogP contribution in [-0.2, 0) is 17.8 Å². The molecule has 0 aliphatic carbocycles. The normalized spacial score (nSPS) is 11.7. The van der Waals surface area contributed by atoms with E-state index in [-0.39, 0.29) is 11.4 Å². The number of hydrogen-bond acceptors (Lipinski definition) is 3. The molecular weight excluding hydrogens is 342 g/mol. The largest absolute Gasteiger partial charge is 0.351 e. The number of rotatable bonds is 6. The van der Waals surface area contributed by atoms with Gasteiger partial charge in [0, 0.05) is 12.1 Å². The summed E-state index contributed by atoms with van der Waals surface area (Å²) in [4.78, 5) is 16.9. The molecule has 136 valence electrons. The second kappa shape index (κ2) is 7.96. The molecule has 2 aromatic carbocycles.